The fourth-order valence-electron chi connectivity index (χ4n) is 3.23. The zero-order chi connectivity index (χ0) is 19.1. The van der Waals surface area contributed by atoms with E-state index < -0.39 is 0 Å². The summed E-state index contributed by atoms with van der Waals surface area (Å²) in [5.41, 5.74) is 5.28. The van der Waals surface area contributed by atoms with E-state index in [0.29, 0.717) is 11.3 Å². The summed E-state index contributed by atoms with van der Waals surface area (Å²) in [5.74, 6) is -0.168. The van der Waals surface area contributed by atoms with Gasteiger partial charge in [0, 0.05) is 25.9 Å². The molecule has 1 amide bonds. The van der Waals surface area contributed by atoms with Gasteiger partial charge in [0.2, 0.25) is 0 Å². The quantitative estimate of drug-likeness (QED) is 0.674. The summed E-state index contributed by atoms with van der Waals surface area (Å²) in [5, 5.41) is 14.9. The second-order valence-corrected chi connectivity index (χ2v) is 6.60. The van der Waals surface area contributed by atoms with Crippen LogP contribution in [0.2, 0.25) is 0 Å². The number of carbonyl (C=O) groups excluding carboxylic acids is 1. The summed E-state index contributed by atoms with van der Waals surface area (Å²) in [4.78, 5) is 13.2. The van der Waals surface area contributed by atoms with Crippen molar-refractivity contribution in [1.82, 2.24) is 19.6 Å². The lowest BCUT2D eigenvalue weighted by Crippen LogP contribution is -2.21. The molecule has 0 aliphatic carbocycles. The van der Waals surface area contributed by atoms with Gasteiger partial charge in [0.05, 0.1) is 28.3 Å². The van der Waals surface area contributed by atoms with Crippen LogP contribution in [-0.4, -0.2) is 31.2 Å². The molecule has 4 rings (SSSR count). The lowest BCUT2D eigenvalue weighted by molar-refractivity contribution is -0.114. The van der Waals surface area contributed by atoms with Gasteiger partial charge >= 0.3 is 0 Å². The molecular formula is C20H20N6O. The predicted octanol–water partition coefficient (Wildman–Crippen LogP) is 2.60. The van der Waals surface area contributed by atoms with Crippen molar-refractivity contribution in [2.75, 3.05) is 5.01 Å². The average molecular weight is 360 g/mol. The van der Waals surface area contributed by atoms with Crippen LogP contribution in [0.15, 0.2) is 53.3 Å². The SMILES string of the molecule is Cc1cc(C2=NN(c3ccccc3)C(=O)C2=Cc2cn(C)nc2C)n(C)n1. The summed E-state index contributed by atoms with van der Waals surface area (Å²) in [6.45, 7) is 3.84. The molecule has 3 heterocycles. The van der Waals surface area contributed by atoms with Gasteiger partial charge in [-0.3, -0.25) is 14.2 Å². The monoisotopic (exact) mass is 360 g/mol. The van der Waals surface area contributed by atoms with Crippen LogP contribution in [0, 0.1) is 13.8 Å². The predicted molar refractivity (Wildman–Crippen MR) is 104 cm³/mol. The molecule has 0 N–H and O–H groups in total. The molecule has 0 unspecified atom stereocenters. The molecule has 27 heavy (non-hydrogen) atoms. The zero-order valence-electron chi connectivity index (χ0n) is 15.7. The van der Waals surface area contributed by atoms with Crippen molar-refractivity contribution in [1.29, 1.82) is 0 Å². The molecule has 0 fully saturated rings. The number of hydrazone groups is 1. The van der Waals surface area contributed by atoms with E-state index in [9.17, 15) is 4.79 Å². The molecule has 2 aromatic heterocycles. The Kier molecular flexibility index (Phi) is 3.99. The summed E-state index contributed by atoms with van der Waals surface area (Å²) < 4.78 is 3.49. The Morgan fingerprint density at radius 2 is 1.78 bits per heavy atom. The van der Waals surface area contributed by atoms with Crippen LogP contribution in [0.5, 0.6) is 0 Å². The number of nitrogens with zero attached hydrogens (tertiary/aromatic N) is 6. The summed E-state index contributed by atoms with van der Waals surface area (Å²) in [7, 11) is 3.72. The standard InChI is InChI=1S/C20H20N6O/c1-13-10-18(25(4)21-13)19-17(11-15-12-24(3)22-14(15)2)20(27)26(23-19)16-8-6-5-7-9-16/h5-12H,1-4H3. The largest absolute Gasteiger partial charge is 0.281 e. The Bertz CT molecular complexity index is 1090. The average Bonchev–Trinajstić information content (AvgIpc) is 3.25. The van der Waals surface area contributed by atoms with Crippen molar-refractivity contribution in [2.45, 2.75) is 13.8 Å². The van der Waals surface area contributed by atoms with Crippen LogP contribution in [0.4, 0.5) is 5.69 Å². The maximum atomic E-state index is 13.2. The fourth-order valence-corrected chi connectivity index (χ4v) is 3.23. The maximum Gasteiger partial charge on any atom is 0.281 e. The van der Waals surface area contributed by atoms with Gasteiger partial charge < -0.3 is 0 Å². The number of hydrogen-bond acceptors (Lipinski definition) is 4. The highest BCUT2D eigenvalue weighted by atomic mass is 16.2. The van der Waals surface area contributed by atoms with Crippen LogP contribution in [0.3, 0.4) is 0 Å². The van der Waals surface area contributed by atoms with Crippen LogP contribution >= 0.6 is 0 Å². The van der Waals surface area contributed by atoms with Gasteiger partial charge in [0.25, 0.3) is 5.91 Å². The summed E-state index contributed by atoms with van der Waals surface area (Å²) in [6.07, 6.45) is 3.75. The van der Waals surface area contributed by atoms with E-state index in [-0.39, 0.29) is 5.91 Å². The third kappa shape index (κ3) is 2.97. The van der Waals surface area contributed by atoms with Gasteiger partial charge in [0.1, 0.15) is 5.71 Å². The molecule has 0 saturated carbocycles. The number of para-hydroxylation sites is 1. The number of anilines is 1. The Morgan fingerprint density at radius 1 is 1.04 bits per heavy atom. The summed E-state index contributed by atoms with van der Waals surface area (Å²) in [6, 6.07) is 11.4. The first kappa shape index (κ1) is 17.0. The molecule has 1 aliphatic heterocycles. The Hall–Kier alpha value is -3.48. The highest BCUT2D eigenvalue weighted by Gasteiger charge is 2.33. The molecule has 0 saturated heterocycles. The molecular weight excluding hydrogens is 340 g/mol. The Labute approximate surface area is 157 Å². The Morgan fingerprint density at radius 3 is 2.37 bits per heavy atom. The minimum atomic E-state index is -0.168. The third-order valence-corrected chi connectivity index (χ3v) is 4.47. The van der Waals surface area contributed by atoms with E-state index >= 15 is 0 Å². The molecule has 136 valence electrons. The van der Waals surface area contributed by atoms with E-state index in [1.165, 1.54) is 5.01 Å². The molecule has 0 atom stereocenters. The van der Waals surface area contributed by atoms with Gasteiger partial charge in [-0.25, -0.2) is 0 Å². The van der Waals surface area contributed by atoms with Gasteiger partial charge in [0.15, 0.2) is 0 Å². The van der Waals surface area contributed by atoms with Crippen LogP contribution in [-0.2, 0) is 18.9 Å². The highest BCUT2D eigenvalue weighted by Crippen LogP contribution is 2.28. The van der Waals surface area contributed by atoms with Crippen LogP contribution in [0.25, 0.3) is 6.08 Å². The van der Waals surface area contributed by atoms with Gasteiger partial charge in [-0.2, -0.15) is 20.3 Å². The van der Waals surface area contributed by atoms with Crippen molar-refractivity contribution < 1.29 is 4.79 Å². The lowest BCUT2D eigenvalue weighted by atomic mass is 10.0. The van der Waals surface area contributed by atoms with Crippen molar-refractivity contribution >= 4 is 23.4 Å². The minimum Gasteiger partial charge on any atom is -0.275 e. The summed E-state index contributed by atoms with van der Waals surface area (Å²) >= 11 is 0. The first-order valence-electron chi connectivity index (χ1n) is 8.65. The van der Waals surface area contributed by atoms with Crippen molar-refractivity contribution in [3.8, 4) is 0 Å². The topological polar surface area (TPSA) is 68.3 Å². The van der Waals surface area contributed by atoms with Gasteiger partial charge in [-0.1, -0.05) is 18.2 Å². The number of rotatable bonds is 3. The Balaban J connectivity index is 1.88. The highest BCUT2D eigenvalue weighted by molar-refractivity contribution is 6.37. The molecule has 1 aromatic carbocycles. The van der Waals surface area contributed by atoms with E-state index in [2.05, 4.69) is 15.3 Å². The van der Waals surface area contributed by atoms with Crippen molar-refractivity contribution in [3.05, 3.63) is 70.8 Å². The maximum absolute atomic E-state index is 13.2. The minimum absolute atomic E-state index is 0.168. The lowest BCUT2D eigenvalue weighted by Gasteiger charge is -2.10. The normalized spacial score (nSPS) is 15.7. The second-order valence-electron chi connectivity index (χ2n) is 6.60. The number of amides is 1. The number of hydrogen-bond donors (Lipinski definition) is 0. The first-order chi connectivity index (χ1) is 12.9. The van der Waals surface area contributed by atoms with E-state index in [1.807, 2.05) is 76.6 Å². The molecule has 7 nitrogen and oxygen atoms in total. The van der Waals surface area contributed by atoms with Gasteiger partial charge in [-0.15, -0.1) is 0 Å². The van der Waals surface area contributed by atoms with Crippen LogP contribution in [0.1, 0.15) is 22.6 Å². The third-order valence-electron chi connectivity index (χ3n) is 4.47. The van der Waals surface area contributed by atoms with Crippen molar-refractivity contribution in [3.63, 3.8) is 0 Å². The number of carbonyl (C=O) groups is 1. The van der Waals surface area contributed by atoms with Crippen LogP contribution < -0.4 is 5.01 Å². The second kappa shape index (κ2) is 6.35. The molecule has 1 aliphatic rings. The van der Waals surface area contributed by atoms with E-state index in [4.69, 9.17) is 0 Å². The molecule has 0 spiro atoms. The fraction of sp³-hybridized carbons (Fsp3) is 0.200. The van der Waals surface area contributed by atoms with Gasteiger partial charge in [-0.05, 0) is 38.1 Å². The molecule has 0 radical (unpaired) electrons. The van der Waals surface area contributed by atoms with E-state index in [1.54, 1.807) is 9.36 Å². The smallest absolute Gasteiger partial charge is 0.275 e. The number of aryl methyl sites for hydroxylation is 4. The molecule has 0 bridgehead atoms. The van der Waals surface area contributed by atoms with E-state index in [0.717, 1.165) is 28.3 Å². The van der Waals surface area contributed by atoms with Crippen molar-refractivity contribution in [2.24, 2.45) is 19.2 Å². The molecule has 3 aromatic rings. The zero-order valence-corrected chi connectivity index (χ0v) is 15.7. The number of benzene rings is 1. The number of aromatic nitrogens is 4. The molecule has 7 heteroatoms. The first-order valence-corrected chi connectivity index (χ1v) is 8.65.